The number of para-hydroxylation sites is 1. The molecule has 0 aliphatic rings. The van der Waals surface area contributed by atoms with Crippen molar-refractivity contribution >= 4 is 11.6 Å². The lowest BCUT2D eigenvalue weighted by Crippen LogP contribution is -2.48. The van der Waals surface area contributed by atoms with Gasteiger partial charge in [0.15, 0.2) is 0 Å². The number of carbonyl (C=O) groups is 1. The molecular formula is C13H20N2O. The zero-order valence-corrected chi connectivity index (χ0v) is 10.6. The van der Waals surface area contributed by atoms with Crippen molar-refractivity contribution in [2.24, 2.45) is 0 Å². The van der Waals surface area contributed by atoms with Crippen LogP contribution in [0.3, 0.4) is 0 Å². The average molecular weight is 220 g/mol. The van der Waals surface area contributed by atoms with Crippen LogP contribution in [0.25, 0.3) is 0 Å². The Kier molecular flexibility index (Phi) is 3.70. The lowest BCUT2D eigenvalue weighted by atomic mass is 10.0. The zero-order chi connectivity index (χ0) is 12.3. The maximum atomic E-state index is 12.0. The van der Waals surface area contributed by atoms with E-state index in [4.69, 9.17) is 0 Å². The molecule has 2 N–H and O–H groups in total. The summed E-state index contributed by atoms with van der Waals surface area (Å²) in [5.41, 5.74) is 2.52. The quantitative estimate of drug-likeness (QED) is 0.820. The summed E-state index contributed by atoms with van der Waals surface area (Å²) >= 11 is 0. The van der Waals surface area contributed by atoms with Gasteiger partial charge in [-0.15, -0.1) is 0 Å². The summed E-state index contributed by atoms with van der Waals surface area (Å²) in [5, 5.41) is 5.96. The van der Waals surface area contributed by atoms with E-state index in [9.17, 15) is 4.79 Å². The van der Waals surface area contributed by atoms with Crippen molar-refractivity contribution in [3.63, 3.8) is 0 Å². The fraction of sp³-hybridized carbons (Fsp3) is 0.462. The van der Waals surface area contributed by atoms with Gasteiger partial charge in [0.05, 0.1) is 5.54 Å². The van der Waals surface area contributed by atoms with Crippen molar-refractivity contribution in [1.82, 2.24) is 5.32 Å². The first kappa shape index (κ1) is 12.7. The number of benzene rings is 1. The fourth-order valence-corrected chi connectivity index (χ4v) is 1.39. The van der Waals surface area contributed by atoms with E-state index in [0.29, 0.717) is 0 Å². The predicted molar refractivity (Wildman–Crippen MR) is 67.7 cm³/mol. The molecule has 0 heterocycles. The van der Waals surface area contributed by atoms with Crippen LogP contribution in [-0.2, 0) is 4.79 Å². The summed E-state index contributed by atoms with van der Waals surface area (Å²) in [6, 6.07) is 5.98. The van der Waals surface area contributed by atoms with Crippen molar-refractivity contribution in [2.75, 3.05) is 12.4 Å². The minimum absolute atomic E-state index is 0.0209. The molecule has 0 saturated heterocycles. The minimum Gasteiger partial charge on any atom is -0.324 e. The molecule has 1 rings (SSSR count). The first-order valence-electron chi connectivity index (χ1n) is 5.45. The standard InChI is InChI=1S/C13H20N2O/c1-9-7-6-8-10(2)11(9)15-12(16)13(3,4)14-5/h6-8,14H,1-5H3,(H,15,16). The van der Waals surface area contributed by atoms with E-state index >= 15 is 0 Å². The van der Waals surface area contributed by atoms with Crippen LogP contribution in [0.2, 0.25) is 0 Å². The Hall–Kier alpha value is -1.35. The maximum Gasteiger partial charge on any atom is 0.244 e. The van der Waals surface area contributed by atoms with Crippen LogP contribution >= 0.6 is 0 Å². The molecule has 0 aromatic heterocycles. The molecule has 0 spiro atoms. The molecule has 0 aliphatic heterocycles. The number of carbonyl (C=O) groups excluding carboxylic acids is 1. The van der Waals surface area contributed by atoms with Crippen molar-refractivity contribution in [3.8, 4) is 0 Å². The summed E-state index contributed by atoms with van der Waals surface area (Å²) in [6.07, 6.45) is 0. The zero-order valence-electron chi connectivity index (χ0n) is 10.6. The van der Waals surface area contributed by atoms with E-state index in [1.54, 1.807) is 7.05 Å². The Morgan fingerprint density at radius 2 is 1.69 bits per heavy atom. The second-order valence-electron chi connectivity index (χ2n) is 4.60. The number of likely N-dealkylation sites (N-methyl/N-ethyl adjacent to an activating group) is 1. The highest BCUT2D eigenvalue weighted by Gasteiger charge is 2.25. The van der Waals surface area contributed by atoms with Crippen LogP contribution in [-0.4, -0.2) is 18.5 Å². The number of amides is 1. The average Bonchev–Trinajstić information content (AvgIpc) is 2.23. The highest BCUT2D eigenvalue weighted by atomic mass is 16.2. The summed E-state index contributed by atoms with van der Waals surface area (Å²) < 4.78 is 0. The molecule has 1 amide bonds. The molecule has 1 aromatic rings. The molecule has 88 valence electrons. The summed E-state index contributed by atoms with van der Waals surface area (Å²) in [6.45, 7) is 7.70. The van der Waals surface area contributed by atoms with Gasteiger partial charge in [-0.05, 0) is 45.9 Å². The highest BCUT2D eigenvalue weighted by Crippen LogP contribution is 2.20. The fourth-order valence-electron chi connectivity index (χ4n) is 1.39. The van der Waals surface area contributed by atoms with Crippen LogP contribution < -0.4 is 10.6 Å². The summed E-state index contributed by atoms with van der Waals surface area (Å²) in [5.74, 6) is -0.0209. The molecule has 0 atom stereocenters. The largest absolute Gasteiger partial charge is 0.324 e. The molecular weight excluding hydrogens is 200 g/mol. The van der Waals surface area contributed by atoms with Crippen LogP contribution in [0.1, 0.15) is 25.0 Å². The van der Waals surface area contributed by atoms with Gasteiger partial charge in [0.1, 0.15) is 0 Å². The molecule has 1 aromatic carbocycles. The highest BCUT2D eigenvalue weighted by molar-refractivity contribution is 5.98. The molecule has 0 radical (unpaired) electrons. The number of hydrogen-bond acceptors (Lipinski definition) is 2. The van der Waals surface area contributed by atoms with Gasteiger partial charge in [0.25, 0.3) is 0 Å². The van der Waals surface area contributed by atoms with Gasteiger partial charge in [0, 0.05) is 5.69 Å². The third kappa shape index (κ3) is 2.61. The number of aryl methyl sites for hydroxylation is 2. The van der Waals surface area contributed by atoms with Crippen molar-refractivity contribution in [3.05, 3.63) is 29.3 Å². The number of rotatable bonds is 3. The number of nitrogens with one attached hydrogen (secondary N) is 2. The van der Waals surface area contributed by atoms with E-state index in [2.05, 4.69) is 10.6 Å². The van der Waals surface area contributed by atoms with E-state index in [1.807, 2.05) is 45.9 Å². The SMILES string of the molecule is CNC(C)(C)C(=O)Nc1c(C)cccc1C. The predicted octanol–water partition coefficient (Wildman–Crippen LogP) is 2.24. The molecule has 3 heteroatoms. The smallest absolute Gasteiger partial charge is 0.244 e. The van der Waals surface area contributed by atoms with E-state index < -0.39 is 5.54 Å². The minimum atomic E-state index is -0.561. The van der Waals surface area contributed by atoms with Crippen LogP contribution in [0.15, 0.2) is 18.2 Å². The van der Waals surface area contributed by atoms with Crippen molar-refractivity contribution < 1.29 is 4.79 Å². The molecule has 0 bridgehead atoms. The molecule has 0 aliphatic carbocycles. The third-order valence-electron chi connectivity index (χ3n) is 2.91. The normalized spacial score (nSPS) is 11.3. The van der Waals surface area contributed by atoms with E-state index in [-0.39, 0.29) is 5.91 Å². The van der Waals surface area contributed by atoms with Gasteiger partial charge >= 0.3 is 0 Å². The lowest BCUT2D eigenvalue weighted by molar-refractivity contribution is -0.121. The van der Waals surface area contributed by atoms with Gasteiger partial charge in [-0.1, -0.05) is 18.2 Å². The molecule has 3 nitrogen and oxygen atoms in total. The summed E-state index contributed by atoms with van der Waals surface area (Å²) in [4.78, 5) is 12.0. The van der Waals surface area contributed by atoms with Crippen LogP contribution in [0.5, 0.6) is 0 Å². The number of anilines is 1. The monoisotopic (exact) mass is 220 g/mol. The Bertz CT molecular complexity index is 377. The lowest BCUT2D eigenvalue weighted by Gasteiger charge is -2.24. The van der Waals surface area contributed by atoms with Gasteiger partial charge < -0.3 is 10.6 Å². The van der Waals surface area contributed by atoms with Gasteiger partial charge in [0.2, 0.25) is 5.91 Å². The maximum absolute atomic E-state index is 12.0. The molecule has 0 fully saturated rings. The Morgan fingerprint density at radius 3 is 2.12 bits per heavy atom. The number of hydrogen-bond donors (Lipinski definition) is 2. The molecule has 0 unspecified atom stereocenters. The Morgan fingerprint density at radius 1 is 1.19 bits per heavy atom. The molecule has 0 saturated carbocycles. The van der Waals surface area contributed by atoms with Crippen LogP contribution in [0.4, 0.5) is 5.69 Å². The first-order valence-corrected chi connectivity index (χ1v) is 5.45. The van der Waals surface area contributed by atoms with Crippen LogP contribution in [0, 0.1) is 13.8 Å². The second-order valence-corrected chi connectivity index (χ2v) is 4.60. The Labute approximate surface area is 97.2 Å². The van der Waals surface area contributed by atoms with Gasteiger partial charge in [-0.3, -0.25) is 4.79 Å². The topological polar surface area (TPSA) is 41.1 Å². The molecule has 16 heavy (non-hydrogen) atoms. The van der Waals surface area contributed by atoms with Crippen molar-refractivity contribution in [1.29, 1.82) is 0 Å². The summed E-state index contributed by atoms with van der Waals surface area (Å²) in [7, 11) is 1.78. The second kappa shape index (κ2) is 4.66. The van der Waals surface area contributed by atoms with E-state index in [1.165, 1.54) is 0 Å². The Balaban J connectivity index is 2.94. The first-order chi connectivity index (χ1) is 7.38. The van der Waals surface area contributed by atoms with Gasteiger partial charge in [-0.25, -0.2) is 0 Å². The third-order valence-corrected chi connectivity index (χ3v) is 2.91. The van der Waals surface area contributed by atoms with E-state index in [0.717, 1.165) is 16.8 Å². The van der Waals surface area contributed by atoms with Gasteiger partial charge in [-0.2, -0.15) is 0 Å². The van der Waals surface area contributed by atoms with Crippen molar-refractivity contribution in [2.45, 2.75) is 33.2 Å².